The van der Waals surface area contributed by atoms with E-state index in [0.717, 1.165) is 84.8 Å². The van der Waals surface area contributed by atoms with Crippen LogP contribution in [-0.2, 0) is 40.8 Å². The van der Waals surface area contributed by atoms with Gasteiger partial charge in [-0.1, -0.05) is 170 Å². The van der Waals surface area contributed by atoms with Crippen LogP contribution in [0.1, 0.15) is 150 Å². The van der Waals surface area contributed by atoms with Crippen LogP contribution in [0, 0.1) is 103 Å². The number of fused-ring (bicyclic) bond motifs is 1. The molecule has 0 amide bonds. The summed E-state index contributed by atoms with van der Waals surface area (Å²) < 4.78 is 43.8. The van der Waals surface area contributed by atoms with Gasteiger partial charge in [0.2, 0.25) is 0 Å². The first kappa shape index (κ1) is 103. The molecule has 660 valence electrons. The number of morpholine rings is 1. The van der Waals surface area contributed by atoms with Crippen LogP contribution in [0.5, 0.6) is 11.5 Å². The molecule has 3 fully saturated rings. The fourth-order valence-corrected chi connectivity index (χ4v) is 23.5. The summed E-state index contributed by atoms with van der Waals surface area (Å²) in [6.07, 6.45) is 6.61. The molecule has 123 heavy (non-hydrogen) atoms. The Morgan fingerprint density at radius 1 is 0.423 bits per heavy atom. The van der Waals surface area contributed by atoms with Gasteiger partial charge in [0.15, 0.2) is 0 Å². The van der Waals surface area contributed by atoms with Gasteiger partial charge in [0.25, 0.3) is 9.05 Å². The number of rotatable bonds is 15. The summed E-state index contributed by atoms with van der Waals surface area (Å²) in [5.74, 6) is 1.80. The Hall–Kier alpha value is -7.56. The first-order valence-corrected chi connectivity index (χ1v) is 55.5. The molecule has 3 aliphatic heterocycles. The third kappa shape index (κ3) is 30.3. The Kier molecular flexibility index (Phi) is 41.8. The van der Waals surface area contributed by atoms with Crippen molar-refractivity contribution in [3.63, 3.8) is 0 Å². The second kappa shape index (κ2) is 50.1. The maximum atomic E-state index is 10.7. The molecule has 10 nitrogen and oxygen atoms in total. The van der Waals surface area contributed by atoms with Crippen molar-refractivity contribution in [1.29, 1.82) is 0 Å². The van der Waals surface area contributed by atoms with Crippen molar-refractivity contribution in [1.82, 2.24) is 4.67 Å². The van der Waals surface area contributed by atoms with Crippen LogP contribution >= 0.6 is 57.5 Å². The number of halogens is 5. The molecule has 1 aliphatic carbocycles. The number of hydrogen-bond acceptors (Lipinski definition) is 10. The zero-order valence-electron chi connectivity index (χ0n) is 73.1. The maximum absolute atomic E-state index is 10.7. The fourth-order valence-electron chi connectivity index (χ4n) is 15.7. The maximum Gasteiger partial charge on any atom is 0.135 e. The zero-order valence-corrected chi connectivity index (χ0v) is 82.1. The molecule has 0 unspecified atom stereocenters. The average molecular weight is 1970 g/mol. The predicted octanol–water partition coefficient (Wildman–Crippen LogP) is 26.9. The Morgan fingerprint density at radius 3 is 1.11 bits per heavy atom. The number of aryl methyl sites for hydroxylation is 13. The van der Waals surface area contributed by atoms with Gasteiger partial charge in [-0.05, 0) is 198 Å². The van der Waals surface area contributed by atoms with E-state index in [2.05, 4.69) is 278 Å². The van der Waals surface area contributed by atoms with Crippen LogP contribution in [0.3, 0.4) is 0 Å². The molecule has 4 aliphatic rings. The van der Waals surface area contributed by atoms with Gasteiger partial charge in [0.05, 0.1) is 37.3 Å². The van der Waals surface area contributed by atoms with Gasteiger partial charge in [0.1, 0.15) is 24.4 Å². The van der Waals surface area contributed by atoms with E-state index in [9.17, 15) is 8.42 Å². The number of ether oxygens (including phenoxy) is 3. The summed E-state index contributed by atoms with van der Waals surface area (Å²) in [4.78, 5) is 9.77. The summed E-state index contributed by atoms with van der Waals surface area (Å²) >= 11 is -3.65. The van der Waals surface area contributed by atoms with Gasteiger partial charge in [-0.3, -0.25) is 0 Å². The van der Waals surface area contributed by atoms with Crippen molar-refractivity contribution < 1.29 is 49.7 Å². The molecule has 3 saturated heterocycles. The van der Waals surface area contributed by atoms with Crippen LogP contribution in [0.4, 0.5) is 22.7 Å². The molecular weight excluding hydrogens is 1840 g/mol. The Bertz CT molecular complexity index is 5100. The second-order valence-electron chi connectivity index (χ2n) is 31.1. The minimum Gasteiger partial charge on any atom is -0.379 e. The van der Waals surface area contributed by atoms with Crippen LogP contribution in [0.2, 0.25) is 0 Å². The number of allylic oxidation sites excluding steroid dienone is 2. The van der Waals surface area contributed by atoms with E-state index in [4.69, 9.17) is 63.7 Å². The van der Waals surface area contributed by atoms with Crippen molar-refractivity contribution >= 4 is 120 Å². The van der Waals surface area contributed by atoms with Gasteiger partial charge in [-0.25, -0.2) is 8.42 Å². The van der Waals surface area contributed by atoms with E-state index < -0.39 is 44.2 Å². The molecule has 0 spiro atoms. The third-order valence-corrected chi connectivity index (χ3v) is 29.4. The summed E-state index contributed by atoms with van der Waals surface area (Å²) in [6, 6.07) is 80.9. The van der Waals surface area contributed by atoms with E-state index in [1.807, 2.05) is 119 Å². The van der Waals surface area contributed by atoms with Crippen molar-refractivity contribution in [3.05, 3.63) is 362 Å². The standard InChI is InChI=1S/2C21H27N2.C16H18NOP.C15H10.C12H16O.C10H12O.C7H7ClO2S.2CH4.4ClH.2Ru/c2*1-14-9-16(3)20(17(4)10-14)22-7-8-23(13-22)21-18(5)11-15(2)12-19(21)6;1-3-7-15(8-4-1)19(16-9-5-2-6-10-16)17-11-13-18-14-12-17;1-2-6-12(7-3-1)15-11-10-13-8-4-5-9-14(13)15;1-4-7-11-8-5-6-9-12(11)13-10(2)3;1-8(2)11-10-7-5-4-6-9(10)3;1-6-2-4-7(5-3-6)11(8,9)10;;;;;;;;/h2*9-13H,7-8H2,1-6H3;1-10H,11-14H2;1-9,11H;4-10H,1-3H3;3-8H,1-2H3;2-5H,1H3;2*1H4;4*1H;;/q2*-1;;;;;;;;;;;;2*+2/p-3. The van der Waals surface area contributed by atoms with Crippen molar-refractivity contribution in [2.45, 2.75) is 157 Å². The summed E-state index contributed by atoms with van der Waals surface area (Å²) in [5.41, 5.74) is 29.7. The number of benzene rings is 11. The number of anilines is 4. The van der Waals surface area contributed by atoms with Crippen LogP contribution < -0.4 is 39.7 Å². The normalized spacial score (nSPS) is 13.6. The van der Waals surface area contributed by atoms with Crippen molar-refractivity contribution in [2.24, 2.45) is 0 Å². The number of para-hydroxylation sites is 2. The summed E-state index contributed by atoms with van der Waals surface area (Å²) in [6.45, 7) is 50.9. The van der Waals surface area contributed by atoms with E-state index in [-0.39, 0.29) is 32.0 Å². The molecule has 0 atom stereocenters. The first-order valence-electron chi connectivity index (χ1n) is 40.9. The number of hydrogen-bond donors (Lipinski definition) is 0. The van der Waals surface area contributed by atoms with Crippen molar-refractivity contribution in [3.8, 4) is 11.5 Å². The molecule has 0 N–H and O–H groups in total. The molecule has 0 bridgehead atoms. The van der Waals surface area contributed by atoms with Crippen LogP contribution in [-0.4, -0.2) is 86.5 Å². The van der Waals surface area contributed by atoms with E-state index in [0.29, 0.717) is 0 Å². The van der Waals surface area contributed by atoms with E-state index in [1.54, 1.807) is 12.1 Å². The molecule has 11 aromatic carbocycles. The van der Waals surface area contributed by atoms with Gasteiger partial charge in [-0.15, -0.1) is 0 Å². The largest absolute Gasteiger partial charge is 0.379 e. The SMILES string of the molecule is C.C.CC(C)Oc1ccccc1[CH]=[Ru]([Cl])[Cl].CC=Cc1ccccc1OC(C)C.Cc1cc(C)c(N2[CH-]N(c3c(C)cc(C)cc3C)CC2)c(C)c1.Cc1cc(C)c(N2[CH-]N(c3c(C)cc(C)cc3C)CC2)c(C)c1.Cc1ccc(S(=O)(=O)Cl)cc1.[Cl][Ru]([Cl])=[C]1C=C(c2ccccc2)c2ccccc21.c1ccc([PH+](c2ccccc2)N2CCOCC2)cc1. The average Bonchev–Trinajstić information content (AvgIpc) is 1.65. The van der Waals surface area contributed by atoms with Gasteiger partial charge in [0, 0.05) is 65.2 Å². The predicted molar refractivity (Wildman–Crippen MR) is 533 cm³/mol. The zero-order chi connectivity index (χ0) is 87.6. The minimum absolute atomic E-state index is 0. The Morgan fingerprint density at radius 2 is 0.756 bits per heavy atom. The molecular formula is C104H126Cl5N5O5PRu2S-. The topological polar surface area (TPSA) is 78.0 Å². The number of nitrogens with zero attached hydrogens (tertiary/aromatic N) is 5. The van der Waals surface area contributed by atoms with E-state index in [1.165, 1.54) is 135 Å². The van der Waals surface area contributed by atoms with Crippen molar-refractivity contribution in [2.75, 3.05) is 72.1 Å². The molecule has 19 heteroatoms. The molecule has 15 rings (SSSR count). The molecule has 11 aromatic rings. The Balaban J connectivity index is 0.000000200. The Labute approximate surface area is 770 Å². The monoisotopic (exact) mass is 1970 g/mol. The van der Waals surface area contributed by atoms with Crippen LogP contribution in [0.25, 0.3) is 11.6 Å². The summed E-state index contributed by atoms with van der Waals surface area (Å²) in [5, 5.41) is 2.92. The van der Waals surface area contributed by atoms with Gasteiger partial charge >= 0.3 is 218 Å². The molecule has 0 radical (unpaired) electrons. The third-order valence-electron chi connectivity index (χ3n) is 20.2. The minimum atomic E-state index is -3.55. The van der Waals surface area contributed by atoms with Crippen LogP contribution in [0.15, 0.2) is 254 Å². The smallest absolute Gasteiger partial charge is 0.135 e. The van der Waals surface area contributed by atoms with Gasteiger partial charge < -0.3 is 29.1 Å². The van der Waals surface area contributed by atoms with E-state index >= 15 is 0 Å². The second-order valence-corrected chi connectivity index (χ2v) is 47.7. The molecule has 0 aromatic heterocycles. The quantitative estimate of drug-likeness (QED) is 0.0429. The fraction of sp³-hybridized carbons (Fsp3) is 0.288. The first-order chi connectivity index (χ1) is 57.8. The molecule has 3 heterocycles. The van der Waals surface area contributed by atoms with Gasteiger partial charge in [-0.2, -0.15) is 18.0 Å². The summed E-state index contributed by atoms with van der Waals surface area (Å²) in [7, 11) is 24.7. The molecule has 0 saturated carbocycles.